The van der Waals surface area contributed by atoms with Crippen LogP contribution in [0.25, 0.3) is 0 Å². The first-order valence-corrected chi connectivity index (χ1v) is 5.52. The van der Waals surface area contributed by atoms with E-state index in [-0.39, 0.29) is 13.2 Å². The summed E-state index contributed by atoms with van der Waals surface area (Å²) in [6.45, 7) is 7.49. The van der Waals surface area contributed by atoms with Gasteiger partial charge in [-0.2, -0.15) is 0 Å². The van der Waals surface area contributed by atoms with Crippen LogP contribution in [-0.2, 0) is 19.1 Å². The van der Waals surface area contributed by atoms with Gasteiger partial charge in [0.15, 0.2) is 0 Å². The van der Waals surface area contributed by atoms with Crippen LogP contribution in [0.3, 0.4) is 0 Å². The molecule has 0 aromatic carbocycles. The third-order valence-corrected chi connectivity index (χ3v) is 1.49. The fourth-order valence-corrected chi connectivity index (χ4v) is 0.527. The molecule has 0 aromatic rings. The summed E-state index contributed by atoms with van der Waals surface area (Å²) in [6.07, 6.45) is 0.324. The van der Waals surface area contributed by atoms with Crippen molar-refractivity contribution in [3.8, 4) is 0 Å². The van der Waals surface area contributed by atoms with Crippen molar-refractivity contribution >= 4 is 11.9 Å². The van der Waals surface area contributed by atoms with Crippen LogP contribution in [0.4, 0.5) is 4.39 Å². The zero-order chi connectivity index (χ0) is 13.0. The Morgan fingerprint density at radius 2 is 1.25 bits per heavy atom. The van der Waals surface area contributed by atoms with Gasteiger partial charge < -0.3 is 9.47 Å². The highest BCUT2D eigenvalue weighted by molar-refractivity contribution is 5.97. The molecule has 0 aliphatic carbocycles. The molecule has 0 spiro atoms. The average Bonchev–Trinajstić information content (AvgIpc) is 2.29. The van der Waals surface area contributed by atoms with E-state index in [0.29, 0.717) is 0 Å². The van der Waals surface area contributed by atoms with E-state index in [1.54, 1.807) is 0 Å². The Balaban J connectivity index is 0. The highest BCUT2D eigenvalue weighted by Gasteiger charge is 2.28. The Labute approximate surface area is 96.1 Å². The SMILES string of the molecule is CCCC.CCOC(=O)C(F)C(=O)OCC. The summed E-state index contributed by atoms with van der Waals surface area (Å²) < 4.78 is 21.1. The minimum absolute atomic E-state index is 0.0403. The molecular weight excluding hydrogens is 215 g/mol. The Kier molecular flexibility index (Phi) is 12.9. The average molecular weight is 236 g/mol. The Morgan fingerprint density at radius 1 is 0.938 bits per heavy atom. The summed E-state index contributed by atoms with van der Waals surface area (Å²) in [7, 11) is 0. The van der Waals surface area contributed by atoms with Crippen molar-refractivity contribution in [1.29, 1.82) is 0 Å². The van der Waals surface area contributed by atoms with E-state index in [0.717, 1.165) is 0 Å². The second-order valence-corrected chi connectivity index (χ2v) is 2.87. The molecule has 0 unspecified atom stereocenters. The topological polar surface area (TPSA) is 52.6 Å². The lowest BCUT2D eigenvalue weighted by Gasteiger charge is -2.05. The predicted molar refractivity (Wildman–Crippen MR) is 58.7 cm³/mol. The first kappa shape index (κ1) is 17.3. The van der Waals surface area contributed by atoms with Crippen molar-refractivity contribution in [2.24, 2.45) is 0 Å². The second kappa shape index (κ2) is 11.9. The Hall–Kier alpha value is -1.13. The zero-order valence-electron chi connectivity index (χ0n) is 10.4. The molecule has 0 saturated carbocycles. The van der Waals surface area contributed by atoms with Crippen LogP contribution >= 0.6 is 0 Å². The summed E-state index contributed by atoms with van der Waals surface area (Å²) in [5.41, 5.74) is 0. The van der Waals surface area contributed by atoms with Crippen LogP contribution in [0, 0.1) is 0 Å². The third-order valence-electron chi connectivity index (χ3n) is 1.49. The molecule has 0 saturated heterocycles. The van der Waals surface area contributed by atoms with Crippen molar-refractivity contribution in [2.75, 3.05) is 13.2 Å². The summed E-state index contributed by atoms with van der Waals surface area (Å²) in [4.78, 5) is 21.1. The first-order valence-electron chi connectivity index (χ1n) is 5.52. The van der Waals surface area contributed by atoms with Crippen molar-refractivity contribution in [3.63, 3.8) is 0 Å². The van der Waals surface area contributed by atoms with Crippen molar-refractivity contribution in [3.05, 3.63) is 0 Å². The maximum Gasteiger partial charge on any atom is 0.352 e. The zero-order valence-corrected chi connectivity index (χ0v) is 10.4. The monoisotopic (exact) mass is 236 g/mol. The quantitative estimate of drug-likeness (QED) is 0.542. The molecule has 0 rings (SSSR count). The summed E-state index contributed by atoms with van der Waals surface area (Å²) >= 11 is 0. The van der Waals surface area contributed by atoms with Crippen LogP contribution < -0.4 is 0 Å². The number of carbonyl (C=O) groups excluding carboxylic acids is 2. The Bertz CT molecular complexity index is 174. The normalized spacial score (nSPS) is 9.12. The van der Waals surface area contributed by atoms with Crippen LogP contribution in [0.5, 0.6) is 0 Å². The van der Waals surface area contributed by atoms with E-state index in [2.05, 4.69) is 23.3 Å². The standard InChI is InChI=1S/C7H11FO4.C4H10/c1-3-11-6(9)5(8)7(10)12-4-2;1-3-4-2/h5H,3-4H2,1-2H3;3-4H2,1-2H3. The van der Waals surface area contributed by atoms with Gasteiger partial charge in [-0.25, -0.2) is 14.0 Å². The van der Waals surface area contributed by atoms with E-state index < -0.39 is 18.1 Å². The number of unbranched alkanes of at least 4 members (excludes halogenated alkanes) is 1. The van der Waals surface area contributed by atoms with Gasteiger partial charge in [-0.3, -0.25) is 0 Å². The number of hydrogen-bond acceptors (Lipinski definition) is 4. The van der Waals surface area contributed by atoms with Gasteiger partial charge in [0.05, 0.1) is 13.2 Å². The smallest absolute Gasteiger partial charge is 0.352 e. The summed E-state index contributed by atoms with van der Waals surface area (Å²) in [6, 6.07) is 0. The van der Waals surface area contributed by atoms with Gasteiger partial charge in [0.1, 0.15) is 0 Å². The van der Waals surface area contributed by atoms with Crippen molar-refractivity contribution in [1.82, 2.24) is 0 Å². The number of carbonyl (C=O) groups is 2. The van der Waals surface area contributed by atoms with Crippen LogP contribution in [0.15, 0.2) is 0 Å². The van der Waals surface area contributed by atoms with E-state index >= 15 is 0 Å². The number of alkyl halides is 1. The maximum absolute atomic E-state index is 12.6. The van der Waals surface area contributed by atoms with Gasteiger partial charge >= 0.3 is 11.9 Å². The maximum atomic E-state index is 12.6. The number of halogens is 1. The van der Waals surface area contributed by atoms with Gasteiger partial charge in [-0.1, -0.05) is 26.7 Å². The van der Waals surface area contributed by atoms with E-state index in [1.807, 2.05) is 0 Å². The Morgan fingerprint density at radius 3 is 1.44 bits per heavy atom. The minimum atomic E-state index is -2.31. The van der Waals surface area contributed by atoms with Crippen molar-refractivity contribution < 1.29 is 23.5 Å². The van der Waals surface area contributed by atoms with Crippen LogP contribution in [-0.4, -0.2) is 31.3 Å². The van der Waals surface area contributed by atoms with E-state index in [9.17, 15) is 14.0 Å². The van der Waals surface area contributed by atoms with Gasteiger partial charge in [-0.05, 0) is 13.8 Å². The number of rotatable bonds is 5. The lowest BCUT2D eigenvalue weighted by Crippen LogP contribution is -2.29. The lowest BCUT2D eigenvalue weighted by molar-refractivity contribution is -0.162. The third kappa shape index (κ3) is 9.43. The molecule has 0 radical (unpaired) electrons. The molecule has 0 N–H and O–H groups in total. The molecule has 16 heavy (non-hydrogen) atoms. The van der Waals surface area contributed by atoms with Gasteiger partial charge in [0, 0.05) is 0 Å². The fraction of sp³-hybridized carbons (Fsp3) is 0.818. The lowest BCUT2D eigenvalue weighted by atomic mass is 10.4. The summed E-state index contributed by atoms with van der Waals surface area (Å²) in [5.74, 6) is -2.40. The molecule has 0 aromatic heterocycles. The molecule has 0 aliphatic rings. The van der Waals surface area contributed by atoms with Crippen LogP contribution in [0.2, 0.25) is 0 Å². The summed E-state index contributed by atoms with van der Waals surface area (Å²) in [5, 5.41) is 0. The van der Waals surface area contributed by atoms with E-state index in [1.165, 1.54) is 26.7 Å². The largest absolute Gasteiger partial charge is 0.463 e. The molecule has 4 nitrogen and oxygen atoms in total. The molecule has 0 heterocycles. The fourth-order valence-electron chi connectivity index (χ4n) is 0.527. The van der Waals surface area contributed by atoms with Crippen LogP contribution in [0.1, 0.15) is 40.5 Å². The number of hydrogen-bond donors (Lipinski definition) is 0. The van der Waals surface area contributed by atoms with Gasteiger partial charge in [0.25, 0.3) is 6.17 Å². The molecule has 0 bridgehead atoms. The molecule has 0 fully saturated rings. The van der Waals surface area contributed by atoms with Gasteiger partial charge in [0.2, 0.25) is 0 Å². The highest BCUT2D eigenvalue weighted by Crippen LogP contribution is 1.98. The van der Waals surface area contributed by atoms with Crippen molar-refractivity contribution in [2.45, 2.75) is 46.7 Å². The highest BCUT2D eigenvalue weighted by atomic mass is 19.1. The van der Waals surface area contributed by atoms with E-state index in [4.69, 9.17) is 0 Å². The predicted octanol–water partition coefficient (Wildman–Crippen LogP) is 2.26. The number of ether oxygens (including phenoxy) is 2. The van der Waals surface area contributed by atoms with Gasteiger partial charge in [-0.15, -0.1) is 0 Å². The molecule has 96 valence electrons. The molecular formula is C11H21FO4. The molecule has 0 amide bonds. The minimum Gasteiger partial charge on any atom is -0.463 e. The molecule has 0 atom stereocenters. The molecule has 5 heteroatoms. The molecule has 0 aliphatic heterocycles. The first-order chi connectivity index (χ1) is 7.54. The second-order valence-electron chi connectivity index (χ2n) is 2.87. The number of esters is 2.